The Hall–Kier alpha value is -2.12. The van der Waals surface area contributed by atoms with E-state index >= 15 is 0 Å². The van der Waals surface area contributed by atoms with Gasteiger partial charge in [0.1, 0.15) is 36.1 Å². The molecule has 0 N–H and O–H groups in total. The SMILES string of the molecule is CC(=O)N1[C@@H](c2ccco2)SC[C@H]1C(=O)OCCOc1ccccc1Cl. The molecule has 1 fully saturated rings. The molecule has 0 spiro atoms. The van der Waals surface area contributed by atoms with Crippen LogP contribution in [0.15, 0.2) is 47.1 Å². The minimum atomic E-state index is -0.645. The summed E-state index contributed by atoms with van der Waals surface area (Å²) in [4.78, 5) is 26.0. The number of rotatable bonds is 6. The summed E-state index contributed by atoms with van der Waals surface area (Å²) >= 11 is 7.47. The Morgan fingerprint density at radius 3 is 2.77 bits per heavy atom. The number of para-hydroxylation sites is 1. The van der Waals surface area contributed by atoms with Crippen molar-refractivity contribution in [3.05, 3.63) is 53.4 Å². The van der Waals surface area contributed by atoms with Gasteiger partial charge in [-0.25, -0.2) is 4.79 Å². The lowest BCUT2D eigenvalue weighted by Crippen LogP contribution is -2.43. The molecule has 1 aliphatic heterocycles. The van der Waals surface area contributed by atoms with Crippen LogP contribution in [0.3, 0.4) is 0 Å². The number of halogens is 1. The second-order valence-corrected chi connectivity index (χ2v) is 7.11. The van der Waals surface area contributed by atoms with Gasteiger partial charge in [-0.2, -0.15) is 0 Å². The number of nitrogens with zero attached hydrogens (tertiary/aromatic N) is 1. The zero-order valence-electron chi connectivity index (χ0n) is 14.1. The van der Waals surface area contributed by atoms with Crippen LogP contribution in [0.5, 0.6) is 5.75 Å². The molecule has 1 aromatic heterocycles. The van der Waals surface area contributed by atoms with E-state index in [0.29, 0.717) is 22.3 Å². The van der Waals surface area contributed by atoms with E-state index in [-0.39, 0.29) is 24.5 Å². The van der Waals surface area contributed by atoms with Gasteiger partial charge >= 0.3 is 5.97 Å². The molecule has 2 aromatic rings. The van der Waals surface area contributed by atoms with Crippen LogP contribution < -0.4 is 4.74 Å². The summed E-state index contributed by atoms with van der Waals surface area (Å²) in [6.07, 6.45) is 1.55. The second-order valence-electron chi connectivity index (χ2n) is 5.59. The molecule has 138 valence electrons. The Bertz CT molecular complexity index is 767. The van der Waals surface area contributed by atoms with Gasteiger partial charge in [0.2, 0.25) is 5.91 Å². The zero-order chi connectivity index (χ0) is 18.5. The highest BCUT2D eigenvalue weighted by atomic mass is 35.5. The zero-order valence-corrected chi connectivity index (χ0v) is 15.7. The highest BCUT2D eigenvalue weighted by Gasteiger charge is 2.43. The summed E-state index contributed by atoms with van der Waals surface area (Å²) in [6, 6.07) is 9.97. The van der Waals surface area contributed by atoms with Gasteiger partial charge in [0.05, 0.1) is 11.3 Å². The van der Waals surface area contributed by atoms with Crippen molar-refractivity contribution in [3.63, 3.8) is 0 Å². The minimum Gasteiger partial charge on any atom is -0.488 e. The van der Waals surface area contributed by atoms with Gasteiger partial charge in [-0.3, -0.25) is 4.79 Å². The largest absolute Gasteiger partial charge is 0.488 e. The first-order chi connectivity index (χ1) is 12.6. The average molecular weight is 396 g/mol. The molecule has 0 aliphatic carbocycles. The van der Waals surface area contributed by atoms with Crippen molar-refractivity contribution in [2.75, 3.05) is 19.0 Å². The first-order valence-electron chi connectivity index (χ1n) is 8.06. The summed E-state index contributed by atoms with van der Waals surface area (Å²) in [5.74, 6) is 0.970. The third kappa shape index (κ3) is 4.16. The van der Waals surface area contributed by atoms with E-state index in [1.807, 2.05) is 6.07 Å². The summed E-state index contributed by atoms with van der Waals surface area (Å²) in [5.41, 5.74) is 0. The van der Waals surface area contributed by atoms with Crippen molar-refractivity contribution in [3.8, 4) is 5.75 Å². The number of carbonyl (C=O) groups excluding carboxylic acids is 2. The van der Waals surface area contributed by atoms with Gasteiger partial charge < -0.3 is 18.8 Å². The minimum absolute atomic E-state index is 0.0718. The van der Waals surface area contributed by atoms with Crippen LogP contribution in [-0.4, -0.2) is 41.8 Å². The number of ether oxygens (including phenoxy) is 2. The maximum Gasteiger partial charge on any atom is 0.329 e. The molecular weight excluding hydrogens is 378 g/mol. The van der Waals surface area contributed by atoms with E-state index in [1.165, 1.54) is 23.6 Å². The summed E-state index contributed by atoms with van der Waals surface area (Å²) < 4.78 is 16.2. The van der Waals surface area contributed by atoms with Gasteiger partial charge in [0.25, 0.3) is 0 Å². The first-order valence-corrected chi connectivity index (χ1v) is 9.48. The topological polar surface area (TPSA) is 69.0 Å². The van der Waals surface area contributed by atoms with Crippen LogP contribution in [0.1, 0.15) is 18.1 Å². The monoisotopic (exact) mass is 395 g/mol. The van der Waals surface area contributed by atoms with Crippen LogP contribution in [0.2, 0.25) is 5.02 Å². The van der Waals surface area contributed by atoms with Crippen molar-refractivity contribution < 1.29 is 23.5 Å². The highest BCUT2D eigenvalue weighted by Crippen LogP contribution is 2.41. The van der Waals surface area contributed by atoms with Crippen molar-refractivity contribution >= 4 is 35.2 Å². The number of furan rings is 1. The fourth-order valence-electron chi connectivity index (χ4n) is 2.68. The van der Waals surface area contributed by atoms with Gasteiger partial charge in [0.15, 0.2) is 0 Å². The molecule has 8 heteroatoms. The smallest absolute Gasteiger partial charge is 0.329 e. The van der Waals surface area contributed by atoms with E-state index in [9.17, 15) is 9.59 Å². The van der Waals surface area contributed by atoms with Crippen LogP contribution in [0.4, 0.5) is 0 Å². The van der Waals surface area contributed by atoms with Crippen LogP contribution >= 0.6 is 23.4 Å². The molecule has 1 aliphatic rings. The van der Waals surface area contributed by atoms with E-state index in [4.69, 9.17) is 25.5 Å². The molecular formula is C18H18ClNO5S. The molecule has 1 saturated heterocycles. The van der Waals surface area contributed by atoms with Crippen molar-refractivity contribution in [1.29, 1.82) is 0 Å². The van der Waals surface area contributed by atoms with E-state index in [1.54, 1.807) is 36.6 Å². The predicted molar refractivity (Wildman–Crippen MR) is 98.1 cm³/mol. The lowest BCUT2D eigenvalue weighted by atomic mass is 10.2. The molecule has 1 amide bonds. The van der Waals surface area contributed by atoms with Crippen LogP contribution in [-0.2, 0) is 14.3 Å². The second kappa shape index (κ2) is 8.51. The van der Waals surface area contributed by atoms with Crippen LogP contribution in [0.25, 0.3) is 0 Å². The van der Waals surface area contributed by atoms with Crippen molar-refractivity contribution in [1.82, 2.24) is 4.90 Å². The van der Waals surface area contributed by atoms with Gasteiger partial charge in [-0.1, -0.05) is 23.7 Å². The third-order valence-corrected chi connectivity index (χ3v) is 5.44. The molecule has 0 bridgehead atoms. The number of benzene rings is 1. The summed E-state index contributed by atoms with van der Waals surface area (Å²) in [7, 11) is 0. The molecule has 0 saturated carbocycles. The van der Waals surface area contributed by atoms with Crippen LogP contribution in [0, 0.1) is 0 Å². The van der Waals surface area contributed by atoms with E-state index < -0.39 is 12.0 Å². The number of amides is 1. The van der Waals surface area contributed by atoms with Gasteiger partial charge in [0, 0.05) is 12.7 Å². The quantitative estimate of drug-likeness (QED) is 0.550. The molecule has 0 unspecified atom stereocenters. The maximum atomic E-state index is 12.4. The Morgan fingerprint density at radius 2 is 2.08 bits per heavy atom. The normalized spacial score (nSPS) is 19.4. The lowest BCUT2D eigenvalue weighted by molar-refractivity contribution is -0.154. The number of hydrogen-bond acceptors (Lipinski definition) is 6. The molecule has 1 aromatic carbocycles. The number of thioether (sulfide) groups is 1. The molecule has 0 radical (unpaired) electrons. The van der Waals surface area contributed by atoms with Gasteiger partial charge in [-0.15, -0.1) is 11.8 Å². The number of esters is 1. The third-order valence-electron chi connectivity index (χ3n) is 3.84. The number of hydrogen-bond donors (Lipinski definition) is 0. The van der Waals surface area contributed by atoms with Gasteiger partial charge in [-0.05, 0) is 24.3 Å². The predicted octanol–water partition coefficient (Wildman–Crippen LogP) is 3.52. The van der Waals surface area contributed by atoms with Crippen molar-refractivity contribution in [2.24, 2.45) is 0 Å². The average Bonchev–Trinajstić information content (AvgIpc) is 3.28. The standard InChI is InChI=1S/C18H18ClNO5S/c1-12(21)20-14(11-26-17(20)16-7-4-8-23-16)18(22)25-10-9-24-15-6-3-2-5-13(15)19/h2-8,14,17H,9-11H2,1H3/t14-,17+/m0/s1. The molecule has 26 heavy (non-hydrogen) atoms. The Morgan fingerprint density at radius 1 is 1.27 bits per heavy atom. The lowest BCUT2D eigenvalue weighted by Gasteiger charge is -2.25. The maximum absolute atomic E-state index is 12.4. The fourth-order valence-corrected chi connectivity index (χ4v) is 4.28. The molecule has 2 atom stereocenters. The molecule has 3 rings (SSSR count). The van der Waals surface area contributed by atoms with Crippen molar-refractivity contribution in [2.45, 2.75) is 18.3 Å². The summed E-state index contributed by atoms with van der Waals surface area (Å²) in [5, 5.41) is 0.175. The first kappa shape index (κ1) is 18.7. The highest BCUT2D eigenvalue weighted by molar-refractivity contribution is 7.99. The summed E-state index contributed by atoms with van der Waals surface area (Å²) in [6.45, 7) is 1.68. The Kier molecular flexibility index (Phi) is 6.11. The Balaban J connectivity index is 1.54. The Labute approximate surface area is 160 Å². The number of carbonyl (C=O) groups is 2. The fraction of sp³-hybridized carbons (Fsp3) is 0.333. The van der Waals surface area contributed by atoms with E-state index in [2.05, 4.69) is 0 Å². The molecule has 2 heterocycles. The van der Waals surface area contributed by atoms with E-state index in [0.717, 1.165) is 0 Å². The molecule has 6 nitrogen and oxygen atoms in total.